The van der Waals surface area contributed by atoms with Gasteiger partial charge in [-0.15, -0.1) is 0 Å². The number of carbonyl (C=O) groups excluding carboxylic acids is 1. The maximum atomic E-state index is 12.7. The van der Waals surface area contributed by atoms with Gasteiger partial charge < -0.3 is 23.5 Å². The summed E-state index contributed by atoms with van der Waals surface area (Å²) in [7, 11) is 3.34. The van der Waals surface area contributed by atoms with Gasteiger partial charge in [0.2, 0.25) is 5.89 Å². The van der Waals surface area contributed by atoms with Gasteiger partial charge in [0.15, 0.2) is 12.3 Å². The highest BCUT2D eigenvalue weighted by atomic mass is 16.5. The molecule has 4 rings (SSSR count). The van der Waals surface area contributed by atoms with Gasteiger partial charge in [-0.2, -0.15) is 0 Å². The van der Waals surface area contributed by atoms with E-state index in [9.17, 15) is 4.79 Å². The molecule has 1 aliphatic heterocycles. The Morgan fingerprint density at radius 3 is 2.69 bits per heavy atom. The molecule has 2 aromatic carbocycles. The molecule has 1 aliphatic rings. The number of carbonyl (C=O) groups is 1. The number of hydrogen-bond acceptors (Lipinski definition) is 6. The molecule has 0 saturated carbocycles. The lowest BCUT2D eigenvalue weighted by Crippen LogP contribution is -2.36. The van der Waals surface area contributed by atoms with E-state index in [0.717, 1.165) is 23.5 Å². The van der Waals surface area contributed by atoms with E-state index in [1.807, 2.05) is 24.3 Å². The quantitative estimate of drug-likeness (QED) is 0.612. The van der Waals surface area contributed by atoms with Crippen molar-refractivity contribution in [1.29, 1.82) is 0 Å². The molecule has 0 fully saturated rings. The van der Waals surface area contributed by atoms with Crippen molar-refractivity contribution in [1.82, 2.24) is 9.88 Å². The fraction of sp³-hybridized carbons (Fsp3) is 0.273. The van der Waals surface area contributed by atoms with Crippen molar-refractivity contribution >= 4 is 5.91 Å². The average molecular weight is 394 g/mol. The largest absolute Gasteiger partial charge is 0.497 e. The monoisotopic (exact) mass is 394 g/mol. The van der Waals surface area contributed by atoms with Crippen LogP contribution in [0, 0.1) is 0 Å². The maximum absolute atomic E-state index is 12.7. The minimum atomic E-state index is -0.219. The summed E-state index contributed by atoms with van der Waals surface area (Å²) in [6.07, 6.45) is 2.08. The smallest absolute Gasteiger partial charge is 0.275 e. The fourth-order valence-electron chi connectivity index (χ4n) is 3.23. The number of oxazole rings is 1. The Kier molecular flexibility index (Phi) is 5.37. The first-order valence-electron chi connectivity index (χ1n) is 9.33. The summed E-state index contributed by atoms with van der Waals surface area (Å²) in [5.41, 5.74) is 1.41. The van der Waals surface area contributed by atoms with Gasteiger partial charge in [-0.25, -0.2) is 4.98 Å². The molecule has 0 radical (unpaired) electrons. The van der Waals surface area contributed by atoms with Crippen molar-refractivity contribution < 1.29 is 23.4 Å². The van der Waals surface area contributed by atoms with Gasteiger partial charge >= 0.3 is 0 Å². The van der Waals surface area contributed by atoms with Gasteiger partial charge in [0.1, 0.15) is 29.6 Å². The Hall–Kier alpha value is -3.48. The fourth-order valence-corrected chi connectivity index (χ4v) is 3.23. The third-order valence-corrected chi connectivity index (χ3v) is 4.73. The molecular formula is C22H22N2O5. The van der Waals surface area contributed by atoms with E-state index in [2.05, 4.69) is 4.98 Å². The van der Waals surface area contributed by atoms with Crippen LogP contribution in [-0.2, 0) is 13.0 Å². The molecule has 1 unspecified atom stereocenters. The van der Waals surface area contributed by atoms with Crippen LogP contribution >= 0.6 is 0 Å². The second-order valence-corrected chi connectivity index (χ2v) is 6.83. The number of methoxy groups -OCH3 is 1. The van der Waals surface area contributed by atoms with Crippen LogP contribution in [0.1, 0.15) is 21.9 Å². The summed E-state index contributed by atoms with van der Waals surface area (Å²) in [6.45, 7) is 0.600. The Balaban J connectivity index is 1.30. The molecule has 0 aliphatic carbocycles. The molecule has 0 N–H and O–H groups in total. The summed E-state index contributed by atoms with van der Waals surface area (Å²) < 4.78 is 22.0. The molecule has 0 saturated heterocycles. The van der Waals surface area contributed by atoms with Gasteiger partial charge in [-0.05, 0) is 35.9 Å². The Morgan fingerprint density at radius 2 is 1.93 bits per heavy atom. The summed E-state index contributed by atoms with van der Waals surface area (Å²) in [6, 6.07) is 15.1. The van der Waals surface area contributed by atoms with Gasteiger partial charge in [-0.3, -0.25) is 4.79 Å². The number of nitrogens with zero attached hydrogens (tertiary/aromatic N) is 2. The molecule has 3 aromatic rings. The van der Waals surface area contributed by atoms with E-state index in [4.69, 9.17) is 18.6 Å². The van der Waals surface area contributed by atoms with Crippen LogP contribution in [0.4, 0.5) is 0 Å². The van der Waals surface area contributed by atoms with Crippen molar-refractivity contribution in [3.8, 4) is 17.2 Å². The molecule has 0 bridgehead atoms. The summed E-state index contributed by atoms with van der Waals surface area (Å²) >= 11 is 0. The van der Waals surface area contributed by atoms with E-state index in [0.29, 0.717) is 18.2 Å². The first kappa shape index (κ1) is 18.9. The third kappa shape index (κ3) is 4.34. The number of hydrogen-bond donors (Lipinski definition) is 0. The SMILES string of the molecule is COc1ccc(OCc2nc(C(=O)N(C)CC3Cc4ccccc4O3)co2)cc1. The molecule has 2 heterocycles. The first-order valence-corrected chi connectivity index (χ1v) is 9.33. The van der Waals surface area contributed by atoms with Crippen LogP contribution in [0.2, 0.25) is 0 Å². The van der Waals surface area contributed by atoms with Crippen LogP contribution in [0.25, 0.3) is 0 Å². The maximum Gasteiger partial charge on any atom is 0.275 e. The number of fused-ring (bicyclic) bond motifs is 1. The number of benzene rings is 2. The van der Waals surface area contributed by atoms with Crippen molar-refractivity contribution in [2.75, 3.05) is 20.7 Å². The van der Waals surface area contributed by atoms with Crippen molar-refractivity contribution in [2.45, 2.75) is 19.1 Å². The number of likely N-dealkylation sites (N-methyl/N-ethyl adjacent to an activating group) is 1. The highest BCUT2D eigenvalue weighted by Gasteiger charge is 2.26. The minimum Gasteiger partial charge on any atom is -0.497 e. The van der Waals surface area contributed by atoms with Crippen molar-refractivity contribution in [3.05, 3.63) is 71.9 Å². The Labute approximate surface area is 168 Å². The van der Waals surface area contributed by atoms with Crippen LogP contribution in [0.3, 0.4) is 0 Å². The van der Waals surface area contributed by atoms with Crippen LogP contribution < -0.4 is 14.2 Å². The highest BCUT2D eigenvalue weighted by molar-refractivity contribution is 5.91. The van der Waals surface area contributed by atoms with E-state index in [1.165, 1.54) is 6.26 Å². The van der Waals surface area contributed by atoms with E-state index in [-0.39, 0.29) is 24.3 Å². The number of rotatable bonds is 7. The molecule has 1 atom stereocenters. The molecule has 7 heteroatoms. The molecule has 1 aromatic heterocycles. The first-order chi connectivity index (χ1) is 14.1. The van der Waals surface area contributed by atoms with Gasteiger partial charge in [0.05, 0.1) is 13.7 Å². The lowest BCUT2D eigenvalue weighted by Gasteiger charge is -2.20. The number of para-hydroxylation sites is 1. The van der Waals surface area contributed by atoms with E-state index in [1.54, 1.807) is 43.3 Å². The zero-order valence-corrected chi connectivity index (χ0v) is 16.3. The summed E-state index contributed by atoms with van der Waals surface area (Å²) in [5, 5.41) is 0. The lowest BCUT2D eigenvalue weighted by molar-refractivity contribution is 0.0724. The normalized spacial score (nSPS) is 14.8. The molecule has 0 spiro atoms. The number of aromatic nitrogens is 1. The van der Waals surface area contributed by atoms with Crippen LogP contribution in [0.5, 0.6) is 17.2 Å². The topological polar surface area (TPSA) is 74.0 Å². The second-order valence-electron chi connectivity index (χ2n) is 6.83. The standard InChI is InChI=1S/C22H22N2O5/c1-24(12-18-11-15-5-3-4-6-20(15)29-18)22(25)19-13-28-21(23-19)14-27-17-9-7-16(26-2)8-10-17/h3-10,13,18H,11-12,14H2,1-2H3. The zero-order chi connectivity index (χ0) is 20.2. The lowest BCUT2D eigenvalue weighted by atomic mass is 10.1. The molecule has 150 valence electrons. The van der Waals surface area contributed by atoms with Crippen molar-refractivity contribution in [3.63, 3.8) is 0 Å². The minimum absolute atomic E-state index is 0.0638. The summed E-state index contributed by atoms with van der Waals surface area (Å²) in [5.74, 6) is 2.41. The van der Waals surface area contributed by atoms with E-state index < -0.39 is 0 Å². The van der Waals surface area contributed by atoms with E-state index >= 15 is 0 Å². The molecular weight excluding hydrogens is 372 g/mol. The van der Waals surface area contributed by atoms with Gasteiger partial charge in [0, 0.05) is 13.5 Å². The van der Waals surface area contributed by atoms with Gasteiger partial charge in [-0.1, -0.05) is 18.2 Å². The highest BCUT2D eigenvalue weighted by Crippen LogP contribution is 2.28. The average Bonchev–Trinajstić information content (AvgIpc) is 3.38. The summed E-state index contributed by atoms with van der Waals surface area (Å²) in [4.78, 5) is 18.5. The Morgan fingerprint density at radius 1 is 1.17 bits per heavy atom. The molecule has 7 nitrogen and oxygen atoms in total. The number of ether oxygens (including phenoxy) is 3. The van der Waals surface area contributed by atoms with Gasteiger partial charge in [0.25, 0.3) is 5.91 Å². The second kappa shape index (κ2) is 8.26. The van der Waals surface area contributed by atoms with Crippen molar-refractivity contribution in [2.24, 2.45) is 0 Å². The van der Waals surface area contributed by atoms with Crippen LogP contribution in [-0.4, -0.2) is 42.6 Å². The predicted molar refractivity (Wildman–Crippen MR) is 105 cm³/mol. The Bertz CT molecular complexity index is 958. The zero-order valence-electron chi connectivity index (χ0n) is 16.3. The molecule has 29 heavy (non-hydrogen) atoms. The third-order valence-electron chi connectivity index (χ3n) is 4.73. The van der Waals surface area contributed by atoms with Crippen LogP contribution in [0.15, 0.2) is 59.2 Å². The number of amides is 1. The predicted octanol–water partition coefficient (Wildman–Crippen LogP) is 3.34. The molecule has 1 amide bonds.